The number of carboxylic acid groups (broad SMARTS) is 1. The number of ether oxygens (including phenoxy) is 3. The molecule has 3 atom stereocenters. The second-order valence-corrected chi connectivity index (χ2v) is 12.1. The number of aryl methyl sites for hydroxylation is 3. The highest BCUT2D eigenvalue weighted by Crippen LogP contribution is 2.49. The molecule has 9 heteroatoms. The lowest BCUT2D eigenvalue weighted by Crippen LogP contribution is -2.35. The van der Waals surface area contributed by atoms with Gasteiger partial charge in [0.25, 0.3) is 0 Å². The van der Waals surface area contributed by atoms with Crippen LogP contribution in [0.3, 0.4) is 0 Å². The SMILES string of the molecule is CCc1cc(Cl)cc(CC)c1NC(=O)CN1C[C@H](c2cc3c(cc2C)OCO3)[C@@H](C(=O)O)[C@@H]1c1ccc(OC2CC2)cc1. The van der Waals surface area contributed by atoms with E-state index in [1.807, 2.05) is 74.2 Å². The summed E-state index contributed by atoms with van der Waals surface area (Å²) in [5.41, 5.74) is 5.38. The number of hydrogen-bond acceptors (Lipinski definition) is 6. The Balaban J connectivity index is 1.34. The van der Waals surface area contributed by atoms with Crippen LogP contribution < -0.4 is 19.5 Å². The molecule has 6 rings (SSSR count). The van der Waals surface area contributed by atoms with E-state index in [1.54, 1.807) is 0 Å². The molecule has 1 aliphatic carbocycles. The van der Waals surface area contributed by atoms with Crippen LogP contribution in [0.25, 0.3) is 0 Å². The number of amides is 1. The molecule has 3 aromatic rings. The quantitative estimate of drug-likeness (QED) is 0.272. The molecule has 8 nitrogen and oxygen atoms in total. The Morgan fingerprint density at radius 1 is 1.02 bits per heavy atom. The number of carboxylic acids is 1. The summed E-state index contributed by atoms with van der Waals surface area (Å²) < 4.78 is 17.2. The molecular weight excluding hydrogens is 568 g/mol. The predicted molar refractivity (Wildman–Crippen MR) is 164 cm³/mol. The van der Waals surface area contributed by atoms with E-state index in [1.165, 1.54) is 0 Å². The Kier molecular flexibility index (Phi) is 8.25. The minimum atomic E-state index is -0.910. The zero-order chi connectivity index (χ0) is 30.2. The molecule has 0 radical (unpaired) electrons. The third kappa shape index (κ3) is 6.04. The van der Waals surface area contributed by atoms with Crippen molar-refractivity contribution < 1.29 is 28.9 Å². The van der Waals surface area contributed by atoms with Gasteiger partial charge in [-0.15, -0.1) is 0 Å². The minimum Gasteiger partial charge on any atom is -0.490 e. The first-order valence-electron chi connectivity index (χ1n) is 15.0. The zero-order valence-corrected chi connectivity index (χ0v) is 25.4. The van der Waals surface area contributed by atoms with Crippen LogP contribution in [0.4, 0.5) is 5.69 Å². The number of halogens is 1. The summed E-state index contributed by atoms with van der Waals surface area (Å²) >= 11 is 6.35. The van der Waals surface area contributed by atoms with Gasteiger partial charge in [0.05, 0.1) is 18.6 Å². The largest absolute Gasteiger partial charge is 0.490 e. The van der Waals surface area contributed by atoms with E-state index in [0.717, 1.165) is 64.9 Å². The van der Waals surface area contributed by atoms with Gasteiger partial charge in [-0.25, -0.2) is 0 Å². The summed E-state index contributed by atoms with van der Waals surface area (Å²) in [6.07, 6.45) is 3.81. The number of nitrogens with zero attached hydrogens (tertiary/aromatic N) is 1. The molecule has 0 unspecified atom stereocenters. The van der Waals surface area contributed by atoms with Crippen LogP contribution in [-0.4, -0.2) is 47.9 Å². The number of rotatable bonds is 10. The summed E-state index contributed by atoms with van der Waals surface area (Å²) in [7, 11) is 0. The van der Waals surface area contributed by atoms with E-state index < -0.39 is 17.9 Å². The number of likely N-dealkylation sites (tertiary alicyclic amines) is 1. The van der Waals surface area contributed by atoms with Crippen molar-refractivity contribution in [1.82, 2.24) is 4.90 Å². The highest BCUT2D eigenvalue weighted by atomic mass is 35.5. The number of aliphatic carboxylic acids is 1. The predicted octanol–water partition coefficient (Wildman–Crippen LogP) is 6.52. The Morgan fingerprint density at radius 2 is 1.67 bits per heavy atom. The molecule has 1 saturated carbocycles. The third-order valence-corrected chi connectivity index (χ3v) is 8.95. The number of hydrogen-bond donors (Lipinski definition) is 2. The van der Waals surface area contributed by atoms with Crippen LogP contribution in [0.1, 0.15) is 66.5 Å². The fourth-order valence-electron chi connectivity index (χ4n) is 6.49. The van der Waals surface area contributed by atoms with Crippen molar-refractivity contribution in [2.75, 3.05) is 25.2 Å². The van der Waals surface area contributed by atoms with Crippen LogP contribution in [0.2, 0.25) is 5.02 Å². The van der Waals surface area contributed by atoms with Gasteiger partial charge in [0.15, 0.2) is 11.5 Å². The van der Waals surface area contributed by atoms with Crippen molar-refractivity contribution >= 4 is 29.2 Å². The zero-order valence-electron chi connectivity index (χ0n) is 24.7. The fourth-order valence-corrected chi connectivity index (χ4v) is 6.76. The number of carbonyl (C=O) groups is 2. The molecule has 2 N–H and O–H groups in total. The topological polar surface area (TPSA) is 97.3 Å². The molecule has 0 spiro atoms. The van der Waals surface area contributed by atoms with Crippen molar-refractivity contribution in [2.24, 2.45) is 5.92 Å². The molecule has 2 heterocycles. The van der Waals surface area contributed by atoms with Crippen LogP contribution in [0.15, 0.2) is 48.5 Å². The molecule has 0 bridgehead atoms. The summed E-state index contributed by atoms with van der Waals surface area (Å²) in [6.45, 7) is 6.58. The minimum absolute atomic E-state index is 0.0316. The fraction of sp³-hybridized carbons (Fsp3) is 0.412. The second-order valence-electron chi connectivity index (χ2n) is 11.6. The molecule has 3 aliphatic rings. The normalized spacial score (nSPS) is 21.2. The molecule has 43 heavy (non-hydrogen) atoms. The first-order valence-corrected chi connectivity index (χ1v) is 15.4. The average Bonchev–Trinajstić information content (AvgIpc) is 3.55. The van der Waals surface area contributed by atoms with Crippen molar-refractivity contribution in [3.63, 3.8) is 0 Å². The lowest BCUT2D eigenvalue weighted by molar-refractivity contribution is -0.143. The van der Waals surface area contributed by atoms with Crippen LogP contribution >= 0.6 is 11.6 Å². The van der Waals surface area contributed by atoms with Gasteiger partial charge in [-0.05, 0) is 96.8 Å². The summed E-state index contributed by atoms with van der Waals surface area (Å²) in [4.78, 5) is 28.7. The van der Waals surface area contributed by atoms with Gasteiger partial charge < -0.3 is 24.6 Å². The number of nitrogens with one attached hydrogen (secondary N) is 1. The molecule has 1 saturated heterocycles. The summed E-state index contributed by atoms with van der Waals surface area (Å²) in [6, 6.07) is 14.7. The van der Waals surface area contributed by atoms with Gasteiger partial charge in [-0.2, -0.15) is 0 Å². The molecule has 2 aliphatic heterocycles. The Labute approximate surface area is 256 Å². The summed E-state index contributed by atoms with van der Waals surface area (Å²) in [5.74, 6) is -0.238. The highest BCUT2D eigenvalue weighted by Gasteiger charge is 2.48. The van der Waals surface area contributed by atoms with E-state index >= 15 is 0 Å². The van der Waals surface area contributed by atoms with E-state index in [9.17, 15) is 14.7 Å². The number of fused-ring (bicyclic) bond motifs is 1. The monoisotopic (exact) mass is 604 g/mol. The molecule has 1 amide bonds. The van der Waals surface area contributed by atoms with Crippen LogP contribution in [0.5, 0.6) is 17.2 Å². The molecule has 0 aromatic heterocycles. The second kappa shape index (κ2) is 12.1. The van der Waals surface area contributed by atoms with E-state index in [2.05, 4.69) is 5.32 Å². The van der Waals surface area contributed by atoms with Crippen molar-refractivity contribution in [1.29, 1.82) is 0 Å². The standard InChI is InChI=1S/C34H37ClN2O6/c1-4-20-13-23(35)14-21(5-2)32(20)36-30(38)17-37-16-27(26-15-29-28(12-19(26)3)41-18-42-29)31(34(39)40)33(37)22-6-8-24(9-7-22)43-25-10-11-25/h6-9,12-15,25,27,31,33H,4-5,10-11,16-18H2,1-3H3,(H,36,38)(H,39,40)/t27-,31-,33+/m1/s1. The van der Waals surface area contributed by atoms with E-state index in [0.29, 0.717) is 23.1 Å². The van der Waals surface area contributed by atoms with E-state index in [4.69, 9.17) is 25.8 Å². The average molecular weight is 605 g/mol. The molecular formula is C34H37ClN2O6. The van der Waals surface area contributed by atoms with E-state index in [-0.39, 0.29) is 31.3 Å². The van der Waals surface area contributed by atoms with Crippen molar-refractivity contribution in [3.8, 4) is 17.2 Å². The van der Waals surface area contributed by atoms with Gasteiger partial charge in [0, 0.05) is 29.2 Å². The first-order chi connectivity index (χ1) is 20.7. The molecule has 2 fully saturated rings. The number of anilines is 1. The van der Waals surface area contributed by atoms with Crippen molar-refractivity contribution in [3.05, 3.63) is 81.4 Å². The summed E-state index contributed by atoms with van der Waals surface area (Å²) in [5, 5.41) is 14.5. The van der Waals surface area contributed by atoms with Gasteiger partial charge in [-0.3, -0.25) is 14.5 Å². The molecule has 3 aromatic carbocycles. The maximum absolute atomic E-state index is 13.7. The van der Waals surface area contributed by atoms with Crippen LogP contribution in [-0.2, 0) is 22.4 Å². The first kappa shape index (κ1) is 29.3. The number of carbonyl (C=O) groups excluding carboxylic acids is 1. The molecule has 226 valence electrons. The maximum atomic E-state index is 13.7. The van der Waals surface area contributed by atoms with Crippen molar-refractivity contribution in [2.45, 2.75) is 64.5 Å². The number of benzene rings is 3. The Hall–Kier alpha value is -3.75. The lowest BCUT2D eigenvalue weighted by Gasteiger charge is -2.27. The Morgan fingerprint density at radius 3 is 2.28 bits per heavy atom. The van der Waals surface area contributed by atoms with Gasteiger partial charge in [0.1, 0.15) is 5.75 Å². The lowest BCUT2D eigenvalue weighted by atomic mass is 9.81. The van der Waals surface area contributed by atoms with Gasteiger partial charge >= 0.3 is 5.97 Å². The third-order valence-electron chi connectivity index (χ3n) is 8.73. The Bertz CT molecular complexity index is 1510. The highest BCUT2D eigenvalue weighted by molar-refractivity contribution is 6.30. The maximum Gasteiger partial charge on any atom is 0.309 e. The van der Waals surface area contributed by atoms with Crippen LogP contribution in [0, 0.1) is 12.8 Å². The smallest absolute Gasteiger partial charge is 0.309 e. The van der Waals surface area contributed by atoms with Gasteiger partial charge in [0.2, 0.25) is 12.7 Å². The van der Waals surface area contributed by atoms with Gasteiger partial charge in [-0.1, -0.05) is 37.6 Å².